The second-order valence-electron chi connectivity index (χ2n) is 3.50. The maximum atomic E-state index is 10.5. The quantitative estimate of drug-likeness (QED) is 0.552. The van der Waals surface area contributed by atoms with Gasteiger partial charge in [-0.3, -0.25) is 10.1 Å². The topological polar surface area (TPSA) is 97.8 Å². The highest BCUT2D eigenvalue weighted by Crippen LogP contribution is 2.29. The molecule has 2 N–H and O–H groups in total. The number of nitro groups is 1. The summed E-state index contributed by atoms with van der Waals surface area (Å²) in [6.07, 6.45) is 2.16. The zero-order chi connectivity index (χ0) is 11.7. The second kappa shape index (κ2) is 4.20. The molecule has 0 spiro atoms. The smallest absolute Gasteiger partial charge is 0.286 e. The predicted octanol–water partition coefficient (Wildman–Crippen LogP) is -0.149. The van der Waals surface area contributed by atoms with Gasteiger partial charge >= 0.3 is 0 Å². The monoisotopic (exact) mass is 227 g/mol. The van der Waals surface area contributed by atoms with Gasteiger partial charge in [0.2, 0.25) is 0 Å². The van der Waals surface area contributed by atoms with Crippen LogP contribution in [-0.2, 0) is 4.74 Å². The lowest BCUT2D eigenvalue weighted by Crippen LogP contribution is -2.24. The van der Waals surface area contributed by atoms with Crippen LogP contribution in [-0.4, -0.2) is 38.5 Å². The lowest BCUT2D eigenvalue weighted by atomic mass is 10.2. The first-order valence-corrected chi connectivity index (χ1v) is 4.73. The molecule has 2 rings (SSSR count). The van der Waals surface area contributed by atoms with Gasteiger partial charge in [0.1, 0.15) is 12.3 Å². The normalized spacial score (nSPS) is 29.5. The molecule has 0 aromatic carbocycles. The zero-order valence-corrected chi connectivity index (χ0v) is 8.26. The molecule has 16 heavy (non-hydrogen) atoms. The van der Waals surface area contributed by atoms with Crippen molar-refractivity contribution in [2.45, 2.75) is 18.4 Å². The highest BCUT2D eigenvalue weighted by molar-refractivity contribution is 5.26. The van der Waals surface area contributed by atoms with Gasteiger partial charge in [-0.2, -0.15) is 0 Å². The molecule has 1 aliphatic rings. The third kappa shape index (κ3) is 1.92. The van der Waals surface area contributed by atoms with Crippen molar-refractivity contribution in [3.05, 3.63) is 35.0 Å². The van der Waals surface area contributed by atoms with E-state index in [0.717, 1.165) is 0 Å². The van der Waals surface area contributed by atoms with Crippen LogP contribution in [0.3, 0.4) is 0 Å². The number of aliphatic hydroxyl groups is 2. The first kappa shape index (κ1) is 11.1. The van der Waals surface area contributed by atoms with E-state index in [0.29, 0.717) is 0 Å². The highest BCUT2D eigenvalue weighted by Gasteiger charge is 2.34. The third-order valence-electron chi connectivity index (χ3n) is 2.44. The molecule has 1 unspecified atom stereocenters. The number of hydrogen-bond acceptors (Lipinski definition) is 5. The Hall–Kier alpha value is -1.44. The number of hydrogen-bond donors (Lipinski definition) is 2. The molecule has 1 aliphatic heterocycles. The van der Waals surface area contributed by atoms with E-state index < -0.39 is 23.4 Å². The van der Waals surface area contributed by atoms with Gasteiger partial charge in [-0.05, 0) is 0 Å². The minimum atomic E-state index is -0.864. The Morgan fingerprint density at radius 1 is 1.62 bits per heavy atom. The molecule has 0 amide bonds. The highest BCUT2D eigenvalue weighted by atomic mass is 16.6. The zero-order valence-electron chi connectivity index (χ0n) is 8.26. The summed E-state index contributed by atoms with van der Waals surface area (Å²) in [5, 5.41) is 28.8. The van der Waals surface area contributed by atoms with Crippen molar-refractivity contribution in [1.29, 1.82) is 0 Å². The van der Waals surface area contributed by atoms with Crippen LogP contribution in [0.15, 0.2) is 18.5 Å². The molecule has 1 fully saturated rings. The van der Waals surface area contributed by atoms with Crippen molar-refractivity contribution < 1.29 is 19.9 Å². The van der Waals surface area contributed by atoms with Gasteiger partial charge in [0, 0.05) is 18.7 Å². The summed E-state index contributed by atoms with van der Waals surface area (Å²) in [5.74, 6) is 0. The van der Waals surface area contributed by atoms with Crippen LogP contribution in [0, 0.1) is 16.5 Å². The number of aromatic nitrogens is 1. The average molecular weight is 227 g/mol. The van der Waals surface area contributed by atoms with Crippen LogP contribution < -0.4 is 0 Å². The van der Waals surface area contributed by atoms with Crippen molar-refractivity contribution in [2.24, 2.45) is 0 Å². The van der Waals surface area contributed by atoms with Gasteiger partial charge < -0.3 is 19.5 Å². The number of rotatable bonds is 3. The lowest BCUT2D eigenvalue weighted by molar-refractivity contribution is -0.384. The Labute approximate surface area is 91.0 Å². The van der Waals surface area contributed by atoms with E-state index in [9.17, 15) is 15.2 Å². The first-order chi connectivity index (χ1) is 7.61. The Balaban J connectivity index is 2.11. The fraction of sp³-hybridized carbons (Fsp3) is 0.444. The Morgan fingerprint density at radius 2 is 2.38 bits per heavy atom. The van der Waals surface area contributed by atoms with E-state index in [1.54, 1.807) is 0 Å². The van der Waals surface area contributed by atoms with E-state index >= 15 is 0 Å². The minimum absolute atomic E-state index is 0.0426. The van der Waals surface area contributed by atoms with Crippen LogP contribution in [0.4, 0.5) is 5.69 Å². The van der Waals surface area contributed by atoms with Gasteiger partial charge in [-0.1, -0.05) is 0 Å². The molecule has 87 valence electrons. The molecule has 1 aromatic rings. The van der Waals surface area contributed by atoms with Gasteiger partial charge in [0.05, 0.1) is 23.8 Å². The van der Waals surface area contributed by atoms with Gasteiger partial charge in [0.15, 0.2) is 0 Å². The largest absolute Gasteiger partial charge is 0.394 e. The SMILES string of the molecule is O=[N+]([O-])c1ccn(C2[CH][C@H](O)[C@@H](CO)O2)c1. The fourth-order valence-corrected chi connectivity index (χ4v) is 1.59. The summed E-state index contributed by atoms with van der Waals surface area (Å²) in [5.41, 5.74) is -0.0426. The summed E-state index contributed by atoms with van der Waals surface area (Å²) in [7, 11) is 0. The summed E-state index contributed by atoms with van der Waals surface area (Å²) >= 11 is 0. The van der Waals surface area contributed by atoms with Crippen LogP contribution in [0.2, 0.25) is 0 Å². The van der Waals surface area contributed by atoms with E-state index in [1.807, 2.05) is 0 Å². The fourth-order valence-electron chi connectivity index (χ4n) is 1.59. The molecular formula is C9H11N2O5. The van der Waals surface area contributed by atoms with Crippen LogP contribution in [0.5, 0.6) is 0 Å². The molecule has 1 saturated heterocycles. The Morgan fingerprint density at radius 3 is 2.88 bits per heavy atom. The molecule has 7 nitrogen and oxygen atoms in total. The number of ether oxygens (including phenoxy) is 1. The van der Waals surface area contributed by atoms with Crippen LogP contribution >= 0.6 is 0 Å². The van der Waals surface area contributed by atoms with Gasteiger partial charge in [0.25, 0.3) is 5.69 Å². The number of nitrogens with zero attached hydrogens (tertiary/aromatic N) is 2. The molecular weight excluding hydrogens is 216 g/mol. The van der Waals surface area contributed by atoms with E-state index in [4.69, 9.17) is 9.84 Å². The van der Waals surface area contributed by atoms with Crippen LogP contribution in [0.25, 0.3) is 0 Å². The van der Waals surface area contributed by atoms with Gasteiger partial charge in [-0.15, -0.1) is 0 Å². The van der Waals surface area contributed by atoms with E-state index in [1.165, 1.54) is 29.4 Å². The minimum Gasteiger partial charge on any atom is -0.394 e. The van der Waals surface area contributed by atoms with E-state index in [2.05, 4.69) is 0 Å². The molecule has 3 atom stereocenters. The molecule has 1 aromatic heterocycles. The molecule has 0 aliphatic carbocycles. The van der Waals surface area contributed by atoms with Crippen molar-refractivity contribution in [1.82, 2.24) is 4.57 Å². The van der Waals surface area contributed by atoms with E-state index in [-0.39, 0.29) is 12.3 Å². The second-order valence-corrected chi connectivity index (χ2v) is 3.50. The molecule has 0 saturated carbocycles. The van der Waals surface area contributed by atoms with Crippen molar-refractivity contribution in [2.75, 3.05) is 6.61 Å². The predicted molar refractivity (Wildman–Crippen MR) is 52.4 cm³/mol. The lowest BCUT2D eigenvalue weighted by Gasteiger charge is -2.12. The molecule has 7 heteroatoms. The third-order valence-corrected chi connectivity index (χ3v) is 2.44. The van der Waals surface area contributed by atoms with Crippen molar-refractivity contribution in [3.63, 3.8) is 0 Å². The molecule has 0 bridgehead atoms. The van der Waals surface area contributed by atoms with Crippen molar-refractivity contribution >= 4 is 5.69 Å². The summed E-state index contributed by atoms with van der Waals surface area (Å²) < 4.78 is 6.76. The van der Waals surface area contributed by atoms with Gasteiger partial charge in [-0.25, -0.2) is 0 Å². The van der Waals surface area contributed by atoms with Crippen molar-refractivity contribution in [3.8, 4) is 0 Å². The molecule has 1 radical (unpaired) electrons. The maximum Gasteiger partial charge on any atom is 0.286 e. The molecule has 2 heterocycles. The maximum absolute atomic E-state index is 10.5. The summed E-state index contributed by atoms with van der Waals surface area (Å²) in [6, 6.07) is 1.34. The summed E-state index contributed by atoms with van der Waals surface area (Å²) in [4.78, 5) is 9.96. The van der Waals surface area contributed by atoms with Crippen LogP contribution in [0.1, 0.15) is 6.23 Å². The first-order valence-electron chi connectivity index (χ1n) is 4.73. The average Bonchev–Trinajstić information content (AvgIpc) is 2.83. The Bertz CT molecular complexity index is 391. The summed E-state index contributed by atoms with van der Waals surface area (Å²) in [6.45, 7) is -0.294. The standard InChI is InChI=1S/C9H11N2O5/c12-5-8-7(13)3-9(16-8)10-2-1-6(4-10)11(14)15/h1-4,7-9,12-13H,5H2/t7-,8+,9?/m0/s1. The number of aliphatic hydroxyl groups excluding tert-OH is 2. The Kier molecular flexibility index (Phi) is 2.90.